The third-order valence-electron chi connectivity index (χ3n) is 3.36. The number of nitriles is 1. The molecule has 0 aromatic heterocycles. The highest BCUT2D eigenvalue weighted by Crippen LogP contribution is 2.38. The second-order valence-electron chi connectivity index (χ2n) is 4.94. The van der Waals surface area contributed by atoms with Gasteiger partial charge in [0.2, 0.25) is 0 Å². The van der Waals surface area contributed by atoms with E-state index in [1.807, 2.05) is 11.8 Å². The van der Waals surface area contributed by atoms with Crippen LogP contribution in [0.25, 0.3) is 0 Å². The maximum absolute atomic E-state index is 9.34. The van der Waals surface area contributed by atoms with Gasteiger partial charge in [0.05, 0.1) is 6.07 Å². The monoisotopic (exact) mass is 256 g/mol. The lowest BCUT2D eigenvalue weighted by molar-refractivity contribution is 0.289. The van der Waals surface area contributed by atoms with E-state index in [1.165, 1.54) is 0 Å². The van der Waals surface area contributed by atoms with Gasteiger partial charge in [0.1, 0.15) is 5.54 Å². The van der Waals surface area contributed by atoms with Crippen molar-refractivity contribution in [2.24, 2.45) is 0 Å². The third-order valence-corrected chi connectivity index (χ3v) is 4.84. The average Bonchev–Trinajstić information content (AvgIpc) is 2.71. The molecule has 0 amide bonds. The molecule has 0 aromatic rings. The van der Waals surface area contributed by atoms with Crippen molar-refractivity contribution >= 4 is 11.8 Å². The van der Waals surface area contributed by atoms with E-state index < -0.39 is 0 Å². The third kappa shape index (κ3) is 4.50. The second kappa shape index (κ2) is 7.25. The molecule has 17 heavy (non-hydrogen) atoms. The van der Waals surface area contributed by atoms with Gasteiger partial charge in [-0.1, -0.05) is 13.8 Å². The molecule has 4 heteroatoms. The van der Waals surface area contributed by atoms with Crippen LogP contribution in [0.4, 0.5) is 0 Å². The van der Waals surface area contributed by atoms with E-state index in [1.54, 1.807) is 0 Å². The molecule has 0 heterocycles. The van der Waals surface area contributed by atoms with Gasteiger partial charge in [-0.05, 0) is 38.6 Å². The first kappa shape index (κ1) is 14.8. The van der Waals surface area contributed by atoms with Crippen LogP contribution < -0.4 is 5.32 Å². The van der Waals surface area contributed by atoms with Gasteiger partial charge in [0.15, 0.2) is 0 Å². The summed E-state index contributed by atoms with van der Waals surface area (Å²) in [5, 5.41) is 22.7. The molecule has 0 saturated heterocycles. The van der Waals surface area contributed by atoms with Crippen molar-refractivity contribution in [2.75, 3.05) is 13.2 Å². The highest BCUT2D eigenvalue weighted by Gasteiger charge is 2.39. The lowest BCUT2D eigenvalue weighted by Crippen LogP contribution is -2.42. The van der Waals surface area contributed by atoms with Crippen molar-refractivity contribution in [3.63, 3.8) is 0 Å². The number of thioether (sulfide) groups is 1. The van der Waals surface area contributed by atoms with E-state index in [2.05, 4.69) is 25.2 Å². The Labute approximate surface area is 109 Å². The predicted molar refractivity (Wildman–Crippen MR) is 73.0 cm³/mol. The summed E-state index contributed by atoms with van der Waals surface area (Å²) in [6.45, 7) is 5.48. The first-order valence-corrected chi connectivity index (χ1v) is 7.52. The molecule has 98 valence electrons. The molecule has 0 bridgehead atoms. The normalized spacial score (nSPS) is 30.1. The fraction of sp³-hybridized carbons (Fsp3) is 0.923. The minimum Gasteiger partial charge on any atom is -0.396 e. The summed E-state index contributed by atoms with van der Waals surface area (Å²) in [4.78, 5) is 0. The number of rotatable bonds is 7. The first-order chi connectivity index (χ1) is 8.15. The van der Waals surface area contributed by atoms with E-state index in [0.717, 1.165) is 38.6 Å². The zero-order chi connectivity index (χ0) is 12.7. The van der Waals surface area contributed by atoms with Crippen molar-refractivity contribution < 1.29 is 5.11 Å². The summed E-state index contributed by atoms with van der Waals surface area (Å²) < 4.78 is 0. The van der Waals surface area contributed by atoms with Crippen LogP contribution in [0.2, 0.25) is 0 Å². The summed E-state index contributed by atoms with van der Waals surface area (Å²) in [7, 11) is 0. The van der Waals surface area contributed by atoms with Crippen molar-refractivity contribution in [3.8, 4) is 6.07 Å². The molecule has 3 atom stereocenters. The van der Waals surface area contributed by atoms with Gasteiger partial charge in [0, 0.05) is 17.1 Å². The average molecular weight is 256 g/mol. The van der Waals surface area contributed by atoms with Crippen LogP contribution in [0, 0.1) is 11.3 Å². The van der Waals surface area contributed by atoms with Crippen LogP contribution in [-0.2, 0) is 0 Å². The Morgan fingerprint density at radius 1 is 1.65 bits per heavy atom. The van der Waals surface area contributed by atoms with Crippen molar-refractivity contribution in [1.29, 1.82) is 5.26 Å². The molecule has 0 aromatic carbocycles. The number of aliphatic hydroxyl groups excluding tert-OH is 1. The SMILES string of the molecule is CCCNC1(C#N)CCC(SC(C)CCO)C1. The van der Waals surface area contributed by atoms with Crippen LogP contribution in [0.5, 0.6) is 0 Å². The lowest BCUT2D eigenvalue weighted by Gasteiger charge is -2.23. The van der Waals surface area contributed by atoms with E-state index >= 15 is 0 Å². The molecule has 3 unspecified atom stereocenters. The Bertz CT molecular complexity index is 267. The van der Waals surface area contributed by atoms with Crippen LogP contribution in [0.3, 0.4) is 0 Å². The van der Waals surface area contributed by atoms with Crippen LogP contribution in [0.15, 0.2) is 0 Å². The Kier molecular flexibility index (Phi) is 6.32. The van der Waals surface area contributed by atoms with E-state index in [4.69, 9.17) is 5.11 Å². The zero-order valence-corrected chi connectivity index (χ0v) is 11.7. The van der Waals surface area contributed by atoms with Crippen LogP contribution in [-0.4, -0.2) is 34.3 Å². The number of hydrogen-bond acceptors (Lipinski definition) is 4. The molecule has 0 spiro atoms. The molecular weight excluding hydrogens is 232 g/mol. The topological polar surface area (TPSA) is 56.0 Å². The summed E-state index contributed by atoms with van der Waals surface area (Å²) >= 11 is 1.93. The predicted octanol–water partition coefficient (Wildman–Crippen LogP) is 2.30. The van der Waals surface area contributed by atoms with Crippen molar-refractivity contribution in [2.45, 2.75) is 62.0 Å². The summed E-state index contributed by atoms with van der Waals surface area (Å²) in [6, 6.07) is 2.47. The highest BCUT2D eigenvalue weighted by molar-refractivity contribution is 8.00. The number of nitrogens with zero attached hydrogens (tertiary/aromatic N) is 1. The Balaban J connectivity index is 2.41. The molecule has 0 radical (unpaired) electrons. The lowest BCUT2D eigenvalue weighted by atomic mass is 10.00. The number of nitrogens with one attached hydrogen (secondary N) is 1. The summed E-state index contributed by atoms with van der Waals surface area (Å²) in [6.07, 6.45) is 4.95. The molecule has 1 fully saturated rings. The van der Waals surface area contributed by atoms with Gasteiger partial charge in [0.25, 0.3) is 0 Å². The molecule has 1 aliphatic rings. The molecule has 1 saturated carbocycles. The second-order valence-corrected chi connectivity index (χ2v) is 6.69. The molecule has 1 aliphatic carbocycles. The quantitative estimate of drug-likeness (QED) is 0.734. The highest BCUT2D eigenvalue weighted by atomic mass is 32.2. The smallest absolute Gasteiger partial charge is 0.107 e. The van der Waals surface area contributed by atoms with Crippen molar-refractivity contribution in [3.05, 3.63) is 0 Å². The van der Waals surface area contributed by atoms with E-state index in [9.17, 15) is 5.26 Å². The van der Waals surface area contributed by atoms with Crippen molar-refractivity contribution in [1.82, 2.24) is 5.32 Å². The minimum atomic E-state index is -0.285. The van der Waals surface area contributed by atoms with E-state index in [0.29, 0.717) is 10.5 Å². The largest absolute Gasteiger partial charge is 0.396 e. The Hall–Kier alpha value is -0.240. The van der Waals surface area contributed by atoms with Gasteiger partial charge in [-0.15, -0.1) is 0 Å². The molecule has 3 nitrogen and oxygen atoms in total. The Morgan fingerprint density at radius 3 is 3.00 bits per heavy atom. The standard InChI is InChI=1S/C13H24N2OS/c1-3-7-15-13(10-14)6-4-12(9-13)17-11(2)5-8-16/h11-12,15-16H,3-9H2,1-2H3. The van der Waals surface area contributed by atoms with E-state index in [-0.39, 0.29) is 12.1 Å². The van der Waals surface area contributed by atoms with Gasteiger partial charge >= 0.3 is 0 Å². The zero-order valence-electron chi connectivity index (χ0n) is 10.9. The van der Waals surface area contributed by atoms with Gasteiger partial charge in [-0.25, -0.2) is 0 Å². The first-order valence-electron chi connectivity index (χ1n) is 6.58. The van der Waals surface area contributed by atoms with Gasteiger partial charge in [-0.3, -0.25) is 5.32 Å². The fourth-order valence-electron chi connectivity index (χ4n) is 2.36. The molecule has 0 aliphatic heterocycles. The fourth-order valence-corrected chi connectivity index (χ4v) is 3.89. The molecule has 2 N–H and O–H groups in total. The number of aliphatic hydroxyl groups is 1. The summed E-state index contributed by atoms with van der Waals surface area (Å²) in [5.74, 6) is 0. The number of hydrogen-bond donors (Lipinski definition) is 2. The van der Waals surface area contributed by atoms with Gasteiger partial charge in [-0.2, -0.15) is 17.0 Å². The maximum Gasteiger partial charge on any atom is 0.107 e. The minimum absolute atomic E-state index is 0.262. The van der Waals surface area contributed by atoms with Gasteiger partial charge < -0.3 is 5.11 Å². The van der Waals surface area contributed by atoms with Crippen LogP contribution in [0.1, 0.15) is 46.0 Å². The maximum atomic E-state index is 9.34. The van der Waals surface area contributed by atoms with Crippen LogP contribution >= 0.6 is 11.8 Å². The molecular formula is C13H24N2OS. The Morgan fingerprint density at radius 2 is 2.41 bits per heavy atom. The summed E-state index contributed by atoms with van der Waals surface area (Å²) in [5.41, 5.74) is -0.285. The molecule has 1 rings (SSSR count).